The molecule has 0 N–H and O–H groups in total. The molecule has 3 rings (SSSR count). The number of hydrogen-bond acceptors (Lipinski definition) is 6. The second-order valence-electron chi connectivity index (χ2n) is 6.91. The van der Waals surface area contributed by atoms with Crippen molar-refractivity contribution in [2.24, 2.45) is 0 Å². The third-order valence-electron chi connectivity index (χ3n) is 5.10. The van der Waals surface area contributed by atoms with E-state index < -0.39 is 10.9 Å². The maximum absolute atomic E-state index is 13.1. The van der Waals surface area contributed by atoms with Crippen LogP contribution < -0.4 is 4.74 Å². The number of ether oxygens (including phenoxy) is 2. The van der Waals surface area contributed by atoms with Crippen LogP contribution in [0.1, 0.15) is 18.1 Å². The van der Waals surface area contributed by atoms with Gasteiger partial charge in [0.05, 0.1) is 30.3 Å². The van der Waals surface area contributed by atoms with Crippen LogP contribution in [0.4, 0.5) is 5.69 Å². The zero-order chi connectivity index (χ0) is 22.5. The summed E-state index contributed by atoms with van der Waals surface area (Å²) < 4.78 is 10.0. The minimum absolute atomic E-state index is 0.0547. The highest BCUT2D eigenvalue weighted by Crippen LogP contribution is 2.32. The molecule has 1 heterocycles. The van der Waals surface area contributed by atoms with E-state index in [1.165, 1.54) is 31.4 Å². The minimum atomic E-state index is -0.606. The topological polar surface area (TPSA) is 99.0 Å². The van der Waals surface area contributed by atoms with Gasteiger partial charge in [0.25, 0.3) is 11.6 Å². The average Bonchev–Trinajstić information content (AvgIpc) is 3.01. The normalized spacial score (nSPS) is 14.9. The maximum atomic E-state index is 13.1. The van der Waals surface area contributed by atoms with Crippen LogP contribution in [-0.2, 0) is 20.7 Å². The Balaban J connectivity index is 1.88. The molecule has 0 spiro atoms. The largest absolute Gasteiger partial charge is 0.497 e. The van der Waals surface area contributed by atoms with E-state index in [4.69, 9.17) is 9.47 Å². The van der Waals surface area contributed by atoms with Crippen molar-refractivity contribution >= 4 is 23.6 Å². The van der Waals surface area contributed by atoms with Crippen molar-refractivity contribution in [3.63, 3.8) is 0 Å². The molecule has 8 nitrogen and oxygen atoms in total. The Bertz CT molecular complexity index is 1070. The molecule has 160 valence electrons. The molecule has 0 saturated heterocycles. The van der Waals surface area contributed by atoms with Crippen molar-refractivity contribution in [2.45, 2.75) is 13.3 Å². The van der Waals surface area contributed by atoms with Crippen LogP contribution in [0.25, 0.3) is 6.08 Å². The maximum Gasteiger partial charge on any atom is 0.340 e. The van der Waals surface area contributed by atoms with Gasteiger partial charge >= 0.3 is 5.97 Å². The van der Waals surface area contributed by atoms with Crippen LogP contribution in [0.2, 0.25) is 0 Å². The second kappa shape index (κ2) is 9.25. The molecule has 0 radical (unpaired) electrons. The lowest BCUT2D eigenvalue weighted by Crippen LogP contribution is -2.27. The lowest BCUT2D eigenvalue weighted by atomic mass is 10.0. The second-order valence-corrected chi connectivity index (χ2v) is 6.91. The molecule has 1 amide bonds. The van der Waals surface area contributed by atoms with Crippen LogP contribution in [0, 0.1) is 10.1 Å². The Labute approximate surface area is 179 Å². The number of rotatable bonds is 7. The monoisotopic (exact) mass is 422 g/mol. The van der Waals surface area contributed by atoms with Crippen LogP contribution in [0.15, 0.2) is 65.4 Å². The molecule has 0 aliphatic carbocycles. The van der Waals surface area contributed by atoms with Gasteiger partial charge < -0.3 is 14.4 Å². The summed E-state index contributed by atoms with van der Waals surface area (Å²) in [6, 6.07) is 13.3. The van der Waals surface area contributed by atoms with E-state index in [9.17, 15) is 19.7 Å². The quantitative estimate of drug-likeness (QED) is 0.293. The van der Waals surface area contributed by atoms with Gasteiger partial charge in [0.15, 0.2) is 0 Å². The summed E-state index contributed by atoms with van der Waals surface area (Å²) >= 11 is 0. The van der Waals surface area contributed by atoms with Crippen molar-refractivity contribution in [3.8, 4) is 5.75 Å². The standard InChI is InChI=1S/C23H22N2O6/c1-15-21(23(27)31-3)20(14-17-4-8-18(9-5-17)25(28)29)22(26)24(15)13-12-16-6-10-19(30-2)11-7-16/h4-11,14H,12-13H2,1-3H3/b20-14-. The van der Waals surface area contributed by atoms with Crippen molar-refractivity contribution < 1.29 is 24.0 Å². The van der Waals surface area contributed by atoms with Crippen LogP contribution in [-0.4, -0.2) is 42.5 Å². The molecule has 0 bridgehead atoms. The van der Waals surface area contributed by atoms with Crippen LogP contribution in [0.3, 0.4) is 0 Å². The summed E-state index contributed by atoms with van der Waals surface area (Å²) in [6.45, 7) is 2.09. The van der Waals surface area contributed by atoms with Crippen molar-refractivity contribution in [1.82, 2.24) is 4.90 Å². The molecule has 0 unspecified atom stereocenters. The lowest BCUT2D eigenvalue weighted by molar-refractivity contribution is -0.384. The first-order valence-corrected chi connectivity index (χ1v) is 9.56. The first kappa shape index (κ1) is 21.8. The SMILES string of the molecule is COC(=O)C1=C(C)N(CCc2ccc(OC)cc2)C(=O)/C1=C\c1ccc([N+](=O)[O-])cc1. The number of allylic oxidation sites excluding steroid dienone is 1. The molecule has 31 heavy (non-hydrogen) atoms. The number of hydrogen-bond donors (Lipinski definition) is 0. The van der Waals surface area contributed by atoms with Gasteiger partial charge in [-0.05, 0) is 54.8 Å². The summed E-state index contributed by atoms with van der Waals surface area (Å²) in [7, 11) is 2.86. The number of benzene rings is 2. The fourth-order valence-corrected chi connectivity index (χ4v) is 3.39. The molecule has 8 heteroatoms. The zero-order valence-electron chi connectivity index (χ0n) is 17.5. The van der Waals surface area contributed by atoms with Crippen molar-refractivity contribution in [1.29, 1.82) is 0 Å². The summed E-state index contributed by atoms with van der Waals surface area (Å²) in [4.78, 5) is 37.4. The van der Waals surface area contributed by atoms with E-state index in [1.54, 1.807) is 25.0 Å². The Morgan fingerprint density at radius 1 is 1.10 bits per heavy atom. The van der Waals surface area contributed by atoms with E-state index in [1.807, 2.05) is 24.3 Å². The number of non-ortho nitro benzene ring substituents is 1. The number of amides is 1. The van der Waals surface area contributed by atoms with E-state index in [2.05, 4.69) is 0 Å². The molecular formula is C23H22N2O6. The van der Waals surface area contributed by atoms with Crippen molar-refractivity contribution in [3.05, 3.63) is 86.6 Å². The smallest absolute Gasteiger partial charge is 0.340 e. The highest BCUT2D eigenvalue weighted by Gasteiger charge is 2.36. The van der Waals surface area contributed by atoms with Gasteiger partial charge in [-0.25, -0.2) is 4.79 Å². The summed E-state index contributed by atoms with van der Waals surface area (Å²) in [5, 5.41) is 10.9. The van der Waals surface area contributed by atoms with Crippen LogP contribution in [0.5, 0.6) is 5.75 Å². The van der Waals surface area contributed by atoms with E-state index in [-0.39, 0.29) is 22.7 Å². The van der Waals surface area contributed by atoms with Gasteiger partial charge in [0, 0.05) is 24.4 Å². The zero-order valence-corrected chi connectivity index (χ0v) is 17.5. The number of carbonyl (C=O) groups excluding carboxylic acids is 2. The number of nitro groups is 1. The average molecular weight is 422 g/mol. The van der Waals surface area contributed by atoms with Gasteiger partial charge in [-0.1, -0.05) is 12.1 Å². The number of nitro benzene ring substituents is 1. The first-order valence-electron chi connectivity index (χ1n) is 9.56. The van der Waals surface area contributed by atoms with Gasteiger partial charge in [-0.3, -0.25) is 14.9 Å². The number of nitrogens with zero attached hydrogens (tertiary/aromatic N) is 2. The fourth-order valence-electron chi connectivity index (χ4n) is 3.39. The predicted molar refractivity (Wildman–Crippen MR) is 114 cm³/mol. The van der Waals surface area contributed by atoms with E-state index >= 15 is 0 Å². The van der Waals surface area contributed by atoms with E-state index in [0.717, 1.165) is 11.3 Å². The van der Waals surface area contributed by atoms with E-state index in [0.29, 0.717) is 24.2 Å². The van der Waals surface area contributed by atoms with Gasteiger partial charge in [0.1, 0.15) is 5.75 Å². The van der Waals surface area contributed by atoms with Crippen LogP contribution >= 0.6 is 0 Å². The van der Waals surface area contributed by atoms with Gasteiger partial charge in [0.2, 0.25) is 0 Å². The summed E-state index contributed by atoms with van der Waals surface area (Å²) in [5.74, 6) is -0.172. The summed E-state index contributed by atoms with van der Waals surface area (Å²) in [5.41, 5.74) is 2.45. The highest BCUT2D eigenvalue weighted by molar-refractivity contribution is 6.16. The molecule has 0 fully saturated rings. The number of methoxy groups -OCH3 is 2. The number of esters is 1. The van der Waals surface area contributed by atoms with Crippen molar-refractivity contribution in [2.75, 3.05) is 20.8 Å². The lowest BCUT2D eigenvalue weighted by Gasteiger charge is -2.18. The predicted octanol–water partition coefficient (Wildman–Crippen LogP) is 3.52. The Morgan fingerprint density at radius 3 is 2.29 bits per heavy atom. The first-order chi connectivity index (χ1) is 14.8. The van der Waals surface area contributed by atoms with Gasteiger partial charge in [-0.2, -0.15) is 0 Å². The molecule has 0 aromatic heterocycles. The Hall–Kier alpha value is -3.94. The summed E-state index contributed by atoms with van der Waals surface area (Å²) in [6.07, 6.45) is 2.14. The molecule has 2 aromatic rings. The highest BCUT2D eigenvalue weighted by atomic mass is 16.6. The minimum Gasteiger partial charge on any atom is -0.497 e. The molecule has 0 saturated carbocycles. The Morgan fingerprint density at radius 2 is 1.74 bits per heavy atom. The molecule has 2 aromatic carbocycles. The molecule has 1 aliphatic heterocycles. The Kier molecular flexibility index (Phi) is 6.49. The fraction of sp³-hybridized carbons (Fsp3) is 0.217. The molecule has 0 atom stereocenters. The number of carbonyl (C=O) groups is 2. The molecular weight excluding hydrogens is 400 g/mol. The molecule has 1 aliphatic rings. The van der Waals surface area contributed by atoms with Gasteiger partial charge in [-0.15, -0.1) is 0 Å². The third kappa shape index (κ3) is 4.63. The third-order valence-corrected chi connectivity index (χ3v) is 5.10.